The highest BCUT2D eigenvalue weighted by atomic mass is 32.1. The van der Waals surface area contributed by atoms with Crippen LogP contribution >= 0.6 is 11.3 Å². The molecular weight excluding hydrogens is 336 g/mol. The molecule has 1 aliphatic rings. The Bertz CT molecular complexity index is 851. The molecule has 1 aliphatic carbocycles. The molecule has 1 aromatic heterocycles. The Hall–Kier alpha value is -2.65. The van der Waals surface area contributed by atoms with E-state index < -0.39 is 11.9 Å². The SMILES string of the molecule is C[C@H]1CCc2c(C(=O)OCC(=O)Nc3ccccc3C#N)csc2C1. The number of nitrogens with zero attached hydrogens (tertiary/aromatic N) is 1. The third-order valence-corrected chi connectivity index (χ3v) is 5.33. The van der Waals surface area contributed by atoms with Crippen LogP contribution in [-0.4, -0.2) is 18.5 Å². The highest BCUT2D eigenvalue weighted by Gasteiger charge is 2.24. The predicted molar refractivity (Wildman–Crippen MR) is 95.6 cm³/mol. The summed E-state index contributed by atoms with van der Waals surface area (Å²) in [6, 6.07) is 8.69. The number of hydrogen-bond acceptors (Lipinski definition) is 5. The number of esters is 1. The van der Waals surface area contributed by atoms with Gasteiger partial charge in [-0.25, -0.2) is 4.79 Å². The number of nitriles is 1. The zero-order valence-corrected chi connectivity index (χ0v) is 14.7. The van der Waals surface area contributed by atoms with Gasteiger partial charge in [-0.05, 0) is 42.9 Å². The molecule has 1 amide bonds. The topological polar surface area (TPSA) is 79.2 Å². The average molecular weight is 354 g/mol. The Morgan fingerprint density at radius 2 is 2.20 bits per heavy atom. The van der Waals surface area contributed by atoms with Crippen molar-refractivity contribution in [1.29, 1.82) is 5.26 Å². The summed E-state index contributed by atoms with van der Waals surface area (Å²) in [4.78, 5) is 25.5. The second kappa shape index (κ2) is 7.49. The highest BCUT2D eigenvalue weighted by Crippen LogP contribution is 2.33. The second-order valence-electron chi connectivity index (χ2n) is 6.18. The fourth-order valence-electron chi connectivity index (χ4n) is 2.93. The smallest absolute Gasteiger partial charge is 0.339 e. The van der Waals surface area contributed by atoms with Gasteiger partial charge >= 0.3 is 5.97 Å². The summed E-state index contributed by atoms with van der Waals surface area (Å²) < 4.78 is 5.16. The van der Waals surface area contributed by atoms with E-state index >= 15 is 0 Å². The van der Waals surface area contributed by atoms with Gasteiger partial charge in [0.25, 0.3) is 5.91 Å². The van der Waals surface area contributed by atoms with Gasteiger partial charge < -0.3 is 10.1 Å². The molecule has 2 aromatic rings. The molecule has 1 aromatic carbocycles. The van der Waals surface area contributed by atoms with Crippen molar-refractivity contribution in [2.45, 2.75) is 26.2 Å². The summed E-state index contributed by atoms with van der Waals surface area (Å²) in [5.74, 6) is -0.287. The Kier molecular flexibility index (Phi) is 5.15. The number of carbonyl (C=O) groups is 2. The molecule has 0 radical (unpaired) electrons. The minimum atomic E-state index is -0.464. The lowest BCUT2D eigenvalue weighted by atomic mass is 9.88. The summed E-state index contributed by atoms with van der Waals surface area (Å²) in [6.45, 7) is 1.84. The monoisotopic (exact) mass is 354 g/mol. The molecule has 1 N–H and O–H groups in total. The van der Waals surface area contributed by atoms with Crippen LogP contribution in [0.15, 0.2) is 29.6 Å². The van der Waals surface area contributed by atoms with E-state index in [0.717, 1.165) is 24.8 Å². The van der Waals surface area contributed by atoms with E-state index in [1.807, 2.05) is 11.4 Å². The van der Waals surface area contributed by atoms with Crippen LogP contribution in [0, 0.1) is 17.2 Å². The van der Waals surface area contributed by atoms with Crippen molar-refractivity contribution in [2.24, 2.45) is 5.92 Å². The maximum absolute atomic E-state index is 12.3. The van der Waals surface area contributed by atoms with Gasteiger partial charge in [-0.15, -0.1) is 11.3 Å². The summed E-state index contributed by atoms with van der Waals surface area (Å²) in [6.07, 6.45) is 2.94. The molecule has 0 saturated carbocycles. The lowest BCUT2D eigenvalue weighted by Crippen LogP contribution is -2.22. The molecule has 0 fully saturated rings. The maximum Gasteiger partial charge on any atom is 0.339 e. The normalized spacial score (nSPS) is 15.8. The summed E-state index contributed by atoms with van der Waals surface area (Å²) in [5.41, 5.74) is 2.43. The number of para-hydroxylation sites is 1. The minimum absolute atomic E-state index is 0.364. The predicted octanol–water partition coefficient (Wildman–Crippen LogP) is 3.54. The second-order valence-corrected chi connectivity index (χ2v) is 7.14. The van der Waals surface area contributed by atoms with E-state index in [2.05, 4.69) is 12.2 Å². The fraction of sp³-hybridized carbons (Fsp3) is 0.316. The third kappa shape index (κ3) is 3.89. The molecule has 25 heavy (non-hydrogen) atoms. The van der Waals surface area contributed by atoms with E-state index in [9.17, 15) is 9.59 Å². The first-order chi connectivity index (χ1) is 12.1. The molecule has 0 spiro atoms. The van der Waals surface area contributed by atoms with Crippen LogP contribution in [0.4, 0.5) is 5.69 Å². The van der Waals surface area contributed by atoms with Crippen molar-refractivity contribution >= 4 is 28.9 Å². The van der Waals surface area contributed by atoms with E-state index in [1.165, 1.54) is 4.88 Å². The number of carbonyl (C=O) groups excluding carboxylic acids is 2. The third-order valence-electron chi connectivity index (χ3n) is 4.28. The molecule has 6 heteroatoms. The van der Waals surface area contributed by atoms with Crippen molar-refractivity contribution in [3.05, 3.63) is 51.2 Å². The lowest BCUT2D eigenvalue weighted by molar-refractivity contribution is -0.119. The zero-order valence-electron chi connectivity index (χ0n) is 13.9. The molecule has 3 rings (SSSR count). The number of thiophene rings is 1. The average Bonchev–Trinajstić information content (AvgIpc) is 3.03. The fourth-order valence-corrected chi connectivity index (χ4v) is 4.17. The van der Waals surface area contributed by atoms with Crippen LogP contribution in [0.3, 0.4) is 0 Å². The first-order valence-electron chi connectivity index (χ1n) is 8.14. The van der Waals surface area contributed by atoms with E-state index in [0.29, 0.717) is 22.7 Å². The largest absolute Gasteiger partial charge is 0.452 e. The Labute approximate surface area is 150 Å². The van der Waals surface area contributed by atoms with Gasteiger partial charge in [0.15, 0.2) is 6.61 Å². The van der Waals surface area contributed by atoms with Gasteiger partial charge in [-0.1, -0.05) is 19.1 Å². The highest BCUT2D eigenvalue weighted by molar-refractivity contribution is 7.10. The van der Waals surface area contributed by atoms with Crippen molar-refractivity contribution in [1.82, 2.24) is 0 Å². The van der Waals surface area contributed by atoms with Crippen LogP contribution in [-0.2, 0) is 22.4 Å². The molecule has 128 valence electrons. The Balaban J connectivity index is 1.59. The van der Waals surface area contributed by atoms with Crippen LogP contribution in [0.25, 0.3) is 0 Å². The van der Waals surface area contributed by atoms with Gasteiger partial charge in [0.1, 0.15) is 6.07 Å². The van der Waals surface area contributed by atoms with Gasteiger partial charge in [-0.3, -0.25) is 4.79 Å². The van der Waals surface area contributed by atoms with Gasteiger partial charge in [-0.2, -0.15) is 5.26 Å². The lowest BCUT2D eigenvalue weighted by Gasteiger charge is -2.18. The summed E-state index contributed by atoms with van der Waals surface area (Å²) >= 11 is 1.59. The van der Waals surface area contributed by atoms with E-state index in [1.54, 1.807) is 35.6 Å². The van der Waals surface area contributed by atoms with Crippen LogP contribution < -0.4 is 5.32 Å². The molecule has 5 nitrogen and oxygen atoms in total. The molecule has 0 bridgehead atoms. The molecule has 0 aliphatic heterocycles. The van der Waals surface area contributed by atoms with Gasteiger partial charge in [0.05, 0.1) is 16.8 Å². The van der Waals surface area contributed by atoms with E-state index in [-0.39, 0.29) is 6.61 Å². The van der Waals surface area contributed by atoms with Crippen molar-refractivity contribution < 1.29 is 14.3 Å². The number of fused-ring (bicyclic) bond motifs is 1. The maximum atomic E-state index is 12.3. The molecule has 1 heterocycles. The van der Waals surface area contributed by atoms with Crippen LogP contribution in [0.1, 0.15) is 39.7 Å². The standard InChI is InChI=1S/C19H18N2O3S/c1-12-6-7-14-15(11-25-17(14)8-12)19(23)24-10-18(22)21-16-5-3-2-4-13(16)9-20/h2-5,11-12H,6-8,10H2,1H3,(H,21,22)/t12-/m0/s1. The van der Waals surface area contributed by atoms with Gasteiger partial charge in [0.2, 0.25) is 0 Å². The molecular formula is C19H18N2O3S. The van der Waals surface area contributed by atoms with Crippen molar-refractivity contribution in [2.75, 3.05) is 11.9 Å². The Morgan fingerprint density at radius 1 is 1.40 bits per heavy atom. The van der Waals surface area contributed by atoms with Crippen LogP contribution in [0.5, 0.6) is 0 Å². The first-order valence-corrected chi connectivity index (χ1v) is 9.01. The molecule has 1 atom stereocenters. The quantitative estimate of drug-likeness (QED) is 0.852. The molecule has 0 saturated heterocycles. The number of hydrogen-bond donors (Lipinski definition) is 1. The summed E-state index contributed by atoms with van der Waals surface area (Å²) in [5, 5.41) is 13.4. The number of amides is 1. The number of rotatable bonds is 4. The number of nitrogens with one attached hydrogen (secondary N) is 1. The van der Waals surface area contributed by atoms with E-state index in [4.69, 9.17) is 10.00 Å². The summed E-state index contributed by atoms with van der Waals surface area (Å²) in [7, 11) is 0. The Morgan fingerprint density at radius 3 is 3.00 bits per heavy atom. The minimum Gasteiger partial charge on any atom is -0.452 e. The van der Waals surface area contributed by atoms with Gasteiger partial charge in [0, 0.05) is 10.3 Å². The van der Waals surface area contributed by atoms with Crippen LogP contribution in [0.2, 0.25) is 0 Å². The zero-order chi connectivity index (χ0) is 17.8. The number of benzene rings is 1. The number of anilines is 1. The number of ether oxygens (including phenoxy) is 1. The van der Waals surface area contributed by atoms with Crippen molar-refractivity contribution in [3.63, 3.8) is 0 Å². The molecule has 0 unspecified atom stereocenters. The first kappa shape index (κ1) is 17.2. The van der Waals surface area contributed by atoms with Crippen molar-refractivity contribution in [3.8, 4) is 6.07 Å².